The third kappa shape index (κ3) is 4.90. The fraction of sp³-hybridized carbons (Fsp3) is 0.385. The van der Waals surface area contributed by atoms with Gasteiger partial charge in [-0.05, 0) is 59.9 Å². The number of fused-ring (bicyclic) bond motifs is 2. The summed E-state index contributed by atoms with van der Waals surface area (Å²) in [4.78, 5) is 2.95. The summed E-state index contributed by atoms with van der Waals surface area (Å²) in [6, 6.07) is 19.6. The van der Waals surface area contributed by atoms with Crippen molar-refractivity contribution in [2.45, 2.75) is 30.7 Å². The molecule has 0 aromatic heterocycles. The minimum absolute atomic E-state index is 0. The summed E-state index contributed by atoms with van der Waals surface area (Å²) in [7, 11) is -1.77. The smallest absolute Gasteiger partial charge is 0.243 e. The highest BCUT2D eigenvalue weighted by Crippen LogP contribution is 2.30. The molecular formula is C26H31ClN2O3S. The molecule has 33 heavy (non-hydrogen) atoms. The largest absolute Gasteiger partial charge is 0.497 e. The average molecular weight is 487 g/mol. The van der Waals surface area contributed by atoms with Crippen molar-refractivity contribution >= 4 is 33.2 Å². The summed E-state index contributed by atoms with van der Waals surface area (Å²) in [6.45, 7) is 4.24. The van der Waals surface area contributed by atoms with E-state index in [-0.39, 0.29) is 12.4 Å². The highest BCUT2D eigenvalue weighted by atomic mass is 35.5. The van der Waals surface area contributed by atoms with Gasteiger partial charge < -0.3 is 4.74 Å². The molecule has 7 heteroatoms. The molecule has 2 heterocycles. The van der Waals surface area contributed by atoms with E-state index < -0.39 is 10.0 Å². The normalized spacial score (nSPS) is 18.0. The van der Waals surface area contributed by atoms with E-state index in [4.69, 9.17) is 4.74 Å². The average Bonchev–Trinajstić information content (AvgIpc) is 2.83. The van der Waals surface area contributed by atoms with Crippen molar-refractivity contribution in [2.24, 2.45) is 5.92 Å². The Bertz CT molecular complexity index is 1220. The molecule has 0 amide bonds. The Labute approximate surface area is 202 Å². The predicted molar refractivity (Wildman–Crippen MR) is 135 cm³/mol. The zero-order chi connectivity index (χ0) is 22.1. The van der Waals surface area contributed by atoms with Gasteiger partial charge in [0.25, 0.3) is 0 Å². The van der Waals surface area contributed by atoms with Crippen LogP contribution in [0.15, 0.2) is 65.6 Å². The minimum Gasteiger partial charge on any atom is -0.497 e. The van der Waals surface area contributed by atoms with Crippen molar-refractivity contribution in [3.8, 4) is 5.75 Å². The Balaban J connectivity index is 0.00000259. The molecule has 1 saturated heterocycles. The van der Waals surface area contributed by atoms with Crippen LogP contribution >= 0.6 is 12.4 Å². The van der Waals surface area contributed by atoms with E-state index in [1.54, 1.807) is 17.5 Å². The fourth-order valence-electron chi connectivity index (χ4n) is 5.13. The Morgan fingerprint density at radius 2 is 1.70 bits per heavy atom. The maximum absolute atomic E-state index is 13.4. The SMILES string of the molecule is COc1ccc2c(c1)CCN(CC1CCN(S(=O)(=O)c3cccc4ccccc34)CC1)C2.Cl. The third-order valence-electron chi connectivity index (χ3n) is 6.96. The molecule has 3 aromatic carbocycles. The van der Waals surface area contributed by atoms with E-state index in [1.807, 2.05) is 42.5 Å². The van der Waals surface area contributed by atoms with Gasteiger partial charge in [-0.1, -0.05) is 42.5 Å². The van der Waals surface area contributed by atoms with Gasteiger partial charge in [0.2, 0.25) is 10.0 Å². The lowest BCUT2D eigenvalue weighted by atomic mass is 9.94. The summed E-state index contributed by atoms with van der Waals surface area (Å²) < 4.78 is 33.8. The van der Waals surface area contributed by atoms with E-state index in [0.717, 1.165) is 55.4 Å². The van der Waals surface area contributed by atoms with Gasteiger partial charge in [-0.2, -0.15) is 4.31 Å². The van der Waals surface area contributed by atoms with Crippen molar-refractivity contribution in [1.82, 2.24) is 9.21 Å². The number of sulfonamides is 1. The second-order valence-electron chi connectivity index (χ2n) is 8.94. The van der Waals surface area contributed by atoms with Crippen LogP contribution in [0.2, 0.25) is 0 Å². The Morgan fingerprint density at radius 3 is 2.48 bits per heavy atom. The lowest BCUT2D eigenvalue weighted by Gasteiger charge is -2.36. The van der Waals surface area contributed by atoms with Crippen LogP contribution in [0, 0.1) is 5.92 Å². The molecule has 5 nitrogen and oxygen atoms in total. The first kappa shape index (κ1) is 24.0. The molecule has 0 unspecified atom stereocenters. The van der Waals surface area contributed by atoms with E-state index in [1.165, 1.54) is 11.1 Å². The fourth-order valence-corrected chi connectivity index (χ4v) is 6.81. The number of ether oxygens (including phenoxy) is 1. The van der Waals surface area contributed by atoms with Crippen LogP contribution in [0.4, 0.5) is 0 Å². The maximum Gasteiger partial charge on any atom is 0.243 e. The Kier molecular flexibility index (Phi) is 7.29. The zero-order valence-corrected chi connectivity index (χ0v) is 20.6. The molecule has 3 aromatic rings. The number of piperidine rings is 1. The Hall–Kier alpha value is -2.12. The molecule has 0 atom stereocenters. The summed E-state index contributed by atoms with van der Waals surface area (Å²) in [6.07, 6.45) is 2.87. The molecule has 2 aliphatic rings. The third-order valence-corrected chi connectivity index (χ3v) is 8.92. The summed E-state index contributed by atoms with van der Waals surface area (Å²) >= 11 is 0. The monoisotopic (exact) mass is 486 g/mol. The summed E-state index contributed by atoms with van der Waals surface area (Å²) in [5.74, 6) is 1.46. The van der Waals surface area contributed by atoms with E-state index in [0.29, 0.717) is 23.9 Å². The molecule has 0 saturated carbocycles. The van der Waals surface area contributed by atoms with Crippen LogP contribution < -0.4 is 4.74 Å². The van der Waals surface area contributed by atoms with Gasteiger partial charge in [0.15, 0.2) is 0 Å². The maximum atomic E-state index is 13.4. The van der Waals surface area contributed by atoms with Crippen molar-refractivity contribution in [3.63, 3.8) is 0 Å². The number of hydrogen-bond donors (Lipinski definition) is 0. The van der Waals surface area contributed by atoms with Gasteiger partial charge in [-0.15, -0.1) is 12.4 Å². The van der Waals surface area contributed by atoms with Crippen LogP contribution in [0.3, 0.4) is 0 Å². The molecule has 2 aliphatic heterocycles. The van der Waals surface area contributed by atoms with Crippen molar-refractivity contribution in [2.75, 3.05) is 33.3 Å². The summed E-state index contributed by atoms with van der Waals surface area (Å²) in [5.41, 5.74) is 2.77. The number of benzene rings is 3. The first-order chi connectivity index (χ1) is 15.5. The van der Waals surface area contributed by atoms with Crippen molar-refractivity contribution in [3.05, 3.63) is 71.8 Å². The van der Waals surface area contributed by atoms with Crippen LogP contribution in [0.25, 0.3) is 10.8 Å². The predicted octanol–water partition coefficient (Wildman–Crippen LogP) is 4.73. The number of methoxy groups -OCH3 is 1. The van der Waals surface area contributed by atoms with Crippen LogP contribution in [-0.4, -0.2) is 50.9 Å². The van der Waals surface area contributed by atoms with Crippen LogP contribution in [0.5, 0.6) is 5.75 Å². The first-order valence-electron chi connectivity index (χ1n) is 11.4. The molecule has 0 N–H and O–H groups in total. The number of rotatable bonds is 5. The zero-order valence-electron chi connectivity index (χ0n) is 18.9. The second kappa shape index (κ2) is 10.0. The minimum atomic E-state index is -3.48. The van der Waals surface area contributed by atoms with Crippen LogP contribution in [0.1, 0.15) is 24.0 Å². The van der Waals surface area contributed by atoms with Crippen LogP contribution in [-0.2, 0) is 23.0 Å². The van der Waals surface area contributed by atoms with Gasteiger partial charge in [0.1, 0.15) is 5.75 Å². The number of nitrogens with zero attached hydrogens (tertiary/aromatic N) is 2. The van der Waals surface area contributed by atoms with E-state index in [9.17, 15) is 8.42 Å². The number of hydrogen-bond acceptors (Lipinski definition) is 4. The highest BCUT2D eigenvalue weighted by Gasteiger charge is 2.31. The molecule has 1 fully saturated rings. The van der Waals surface area contributed by atoms with Crippen molar-refractivity contribution in [1.29, 1.82) is 0 Å². The summed E-state index contributed by atoms with van der Waals surface area (Å²) in [5, 5.41) is 1.77. The number of halogens is 1. The van der Waals surface area contributed by atoms with Gasteiger partial charge >= 0.3 is 0 Å². The highest BCUT2D eigenvalue weighted by molar-refractivity contribution is 7.89. The van der Waals surface area contributed by atoms with E-state index in [2.05, 4.69) is 17.0 Å². The molecule has 0 spiro atoms. The first-order valence-corrected chi connectivity index (χ1v) is 12.8. The van der Waals surface area contributed by atoms with Gasteiger partial charge in [-0.3, -0.25) is 4.90 Å². The molecular weight excluding hydrogens is 456 g/mol. The van der Waals surface area contributed by atoms with Gasteiger partial charge in [-0.25, -0.2) is 8.42 Å². The second-order valence-corrected chi connectivity index (χ2v) is 10.9. The quantitative estimate of drug-likeness (QED) is 0.523. The molecule has 176 valence electrons. The molecule has 0 radical (unpaired) electrons. The van der Waals surface area contributed by atoms with E-state index >= 15 is 0 Å². The molecule has 5 rings (SSSR count). The lowest BCUT2D eigenvalue weighted by Crippen LogP contribution is -2.42. The van der Waals surface area contributed by atoms with Gasteiger partial charge in [0.05, 0.1) is 12.0 Å². The molecule has 0 bridgehead atoms. The van der Waals surface area contributed by atoms with Gasteiger partial charge in [0, 0.05) is 38.1 Å². The molecule has 0 aliphatic carbocycles. The standard InChI is InChI=1S/C26H30N2O3S.ClH/c1-31-24-10-9-23-19-27(14-13-22(23)17-24)18-20-11-15-28(16-12-20)32(29,30)26-8-4-6-21-5-2-3-7-25(21)26;/h2-10,17,20H,11-16,18-19H2,1H3;1H. The lowest BCUT2D eigenvalue weighted by molar-refractivity contribution is 0.171. The van der Waals surface area contributed by atoms with Crippen molar-refractivity contribution < 1.29 is 13.2 Å². The Morgan fingerprint density at radius 1 is 0.939 bits per heavy atom. The topological polar surface area (TPSA) is 49.9 Å².